The molecule has 1 saturated heterocycles. The van der Waals surface area contributed by atoms with Crippen molar-refractivity contribution in [2.24, 2.45) is 0 Å². The lowest BCUT2D eigenvalue weighted by Gasteiger charge is -2.17. The summed E-state index contributed by atoms with van der Waals surface area (Å²) in [4.78, 5) is 10.5. The van der Waals surface area contributed by atoms with Gasteiger partial charge in [-0.05, 0) is 32.0 Å². The third kappa shape index (κ3) is 4.17. The fraction of sp³-hybridized carbons (Fsp3) is 0.421. The largest absolute Gasteiger partial charge is 0.491 e. The summed E-state index contributed by atoms with van der Waals surface area (Å²) in [6.07, 6.45) is 0.693. The van der Waals surface area contributed by atoms with Crippen LogP contribution in [0.1, 0.15) is 25.1 Å². The zero-order chi connectivity index (χ0) is 19.6. The van der Waals surface area contributed by atoms with Crippen LogP contribution in [-0.4, -0.2) is 59.3 Å². The van der Waals surface area contributed by atoms with E-state index in [-0.39, 0.29) is 12.2 Å². The van der Waals surface area contributed by atoms with Gasteiger partial charge in [0.25, 0.3) is 0 Å². The van der Waals surface area contributed by atoms with Gasteiger partial charge in [0.2, 0.25) is 5.71 Å². The number of rotatable bonds is 6. The van der Waals surface area contributed by atoms with E-state index in [0.717, 1.165) is 0 Å². The number of ether oxygens (including phenoxy) is 2. The lowest BCUT2D eigenvalue weighted by Crippen LogP contribution is -2.42. The Morgan fingerprint density at radius 3 is 2.74 bits per heavy atom. The van der Waals surface area contributed by atoms with Crippen molar-refractivity contribution in [2.45, 2.75) is 32.2 Å². The molecule has 1 fully saturated rings. The molecule has 0 bridgehead atoms. The van der Waals surface area contributed by atoms with Crippen molar-refractivity contribution in [3.8, 4) is 5.75 Å². The van der Waals surface area contributed by atoms with Crippen molar-refractivity contribution < 1.29 is 20.0 Å². The predicted octanol–water partition coefficient (Wildman–Crippen LogP) is -0.362. The molecule has 1 aromatic carbocycles. The van der Waals surface area contributed by atoms with Crippen LogP contribution in [0.3, 0.4) is 0 Å². The van der Waals surface area contributed by atoms with Gasteiger partial charge < -0.3 is 25.2 Å². The monoisotopic (exact) mass is 372 g/mol. The Kier molecular flexibility index (Phi) is 5.57. The second-order valence-electron chi connectivity index (χ2n) is 6.84. The smallest absolute Gasteiger partial charge is 0.232 e. The third-order valence-electron chi connectivity index (χ3n) is 4.48. The molecule has 5 N–H and O–H groups in total. The van der Waals surface area contributed by atoms with Gasteiger partial charge in [-0.3, -0.25) is 5.41 Å². The third-order valence-corrected chi connectivity index (χ3v) is 4.48. The number of nitrogens with zero attached hydrogens (tertiary/aromatic N) is 3. The van der Waals surface area contributed by atoms with E-state index in [4.69, 9.17) is 20.6 Å². The Hall–Kier alpha value is -2.71. The number of aliphatic hydroxyl groups is 1. The van der Waals surface area contributed by atoms with Crippen molar-refractivity contribution in [1.29, 1.82) is 0 Å². The fourth-order valence-corrected chi connectivity index (χ4v) is 3.09. The summed E-state index contributed by atoms with van der Waals surface area (Å²) in [5.41, 5.74) is 8.31. The van der Waals surface area contributed by atoms with Gasteiger partial charge in [0.15, 0.2) is 0 Å². The SMILES string of the molecule is CO[C@H]1CN(c2cc(C(=[NH2+])c3cc(OC(C)C)ccc3N)ncn2)C[C@@H]1O. The Morgan fingerprint density at radius 2 is 2.07 bits per heavy atom. The van der Waals surface area contributed by atoms with Gasteiger partial charge in [0.1, 0.15) is 29.7 Å². The van der Waals surface area contributed by atoms with Gasteiger partial charge in [-0.2, -0.15) is 0 Å². The van der Waals surface area contributed by atoms with E-state index in [1.807, 2.05) is 30.9 Å². The Bertz CT molecular complexity index is 827. The average Bonchev–Trinajstić information content (AvgIpc) is 3.03. The molecule has 0 spiro atoms. The van der Waals surface area contributed by atoms with E-state index < -0.39 is 6.10 Å². The molecule has 0 aliphatic carbocycles. The minimum absolute atomic E-state index is 0.0451. The number of hydrogen-bond donors (Lipinski definition) is 3. The van der Waals surface area contributed by atoms with Crippen molar-refractivity contribution >= 4 is 17.2 Å². The zero-order valence-corrected chi connectivity index (χ0v) is 15.8. The Labute approximate surface area is 158 Å². The number of hydrogen-bond acceptors (Lipinski definition) is 7. The van der Waals surface area contributed by atoms with E-state index in [9.17, 15) is 5.11 Å². The van der Waals surface area contributed by atoms with Crippen LogP contribution in [0.5, 0.6) is 5.75 Å². The number of benzene rings is 1. The van der Waals surface area contributed by atoms with E-state index in [1.54, 1.807) is 19.2 Å². The predicted molar refractivity (Wildman–Crippen MR) is 103 cm³/mol. The molecule has 0 radical (unpaired) electrons. The van der Waals surface area contributed by atoms with Crippen LogP contribution in [0, 0.1) is 0 Å². The molecule has 1 aliphatic rings. The summed E-state index contributed by atoms with van der Waals surface area (Å²) in [5, 5.41) is 16.4. The summed E-state index contributed by atoms with van der Waals surface area (Å²) in [6.45, 7) is 4.90. The molecule has 0 saturated carbocycles. The number of aromatic nitrogens is 2. The number of nitrogens with two attached hydrogens (primary N) is 2. The second kappa shape index (κ2) is 7.89. The van der Waals surface area contributed by atoms with Crippen molar-refractivity contribution in [2.75, 3.05) is 30.8 Å². The highest BCUT2D eigenvalue weighted by molar-refractivity contribution is 6.11. The van der Waals surface area contributed by atoms with Gasteiger partial charge >= 0.3 is 0 Å². The summed E-state index contributed by atoms with van der Waals surface area (Å²) >= 11 is 0. The highest BCUT2D eigenvalue weighted by Crippen LogP contribution is 2.24. The minimum Gasteiger partial charge on any atom is -0.491 e. The number of anilines is 2. The summed E-state index contributed by atoms with van der Waals surface area (Å²) < 4.78 is 11.0. The van der Waals surface area contributed by atoms with E-state index in [1.165, 1.54) is 6.33 Å². The molecular weight excluding hydrogens is 346 g/mol. The van der Waals surface area contributed by atoms with Crippen molar-refractivity contribution in [3.63, 3.8) is 0 Å². The minimum atomic E-state index is -0.560. The van der Waals surface area contributed by atoms with Crippen LogP contribution in [0.4, 0.5) is 11.5 Å². The molecule has 3 rings (SSSR count). The van der Waals surface area contributed by atoms with Gasteiger partial charge in [0, 0.05) is 32.0 Å². The molecule has 1 aromatic heterocycles. The topological polar surface area (TPSA) is 119 Å². The molecule has 2 atom stereocenters. The van der Waals surface area contributed by atoms with Crippen molar-refractivity contribution in [1.82, 2.24) is 9.97 Å². The maximum atomic E-state index is 10.0. The van der Waals surface area contributed by atoms with E-state index in [0.29, 0.717) is 47.3 Å². The number of methoxy groups -OCH3 is 1. The first-order valence-electron chi connectivity index (χ1n) is 8.86. The summed E-state index contributed by atoms with van der Waals surface area (Å²) in [5.74, 6) is 1.37. The fourth-order valence-electron chi connectivity index (χ4n) is 3.09. The molecule has 27 heavy (non-hydrogen) atoms. The molecule has 0 unspecified atom stereocenters. The first-order valence-corrected chi connectivity index (χ1v) is 8.86. The van der Waals surface area contributed by atoms with E-state index in [2.05, 4.69) is 9.97 Å². The standard InChI is InChI=1S/C19H25N5O3/c1-11(2)27-12-4-5-14(20)13(6-12)19(21)15-7-18(23-10-22-15)24-8-16(25)17(9-24)26-3/h4-7,10-11,16-17,21,25H,8-9,20H2,1-3H3/p+1/t16-,17-/m0/s1. The van der Waals surface area contributed by atoms with Crippen LogP contribution in [-0.2, 0) is 4.74 Å². The quantitative estimate of drug-likeness (QED) is 0.468. The zero-order valence-electron chi connectivity index (χ0n) is 15.8. The van der Waals surface area contributed by atoms with Crippen LogP contribution >= 0.6 is 0 Å². The van der Waals surface area contributed by atoms with Crippen LogP contribution in [0.25, 0.3) is 0 Å². The first kappa shape index (κ1) is 19.1. The number of nitrogen functional groups attached to an aromatic ring is 1. The maximum absolute atomic E-state index is 10.0. The molecule has 8 nitrogen and oxygen atoms in total. The lowest BCUT2D eigenvalue weighted by molar-refractivity contribution is -0.111. The summed E-state index contributed by atoms with van der Waals surface area (Å²) in [7, 11) is 1.59. The molecule has 2 heterocycles. The summed E-state index contributed by atoms with van der Waals surface area (Å²) in [6, 6.07) is 7.18. The van der Waals surface area contributed by atoms with Gasteiger partial charge in [-0.25, -0.2) is 9.97 Å². The normalized spacial score (nSPS) is 19.5. The van der Waals surface area contributed by atoms with Crippen molar-refractivity contribution in [3.05, 3.63) is 41.9 Å². The molecule has 1 aliphatic heterocycles. The number of β-amino-alcohol motifs (C(OH)–C–C–N with tert-alkyl or cyclic N) is 1. The van der Waals surface area contributed by atoms with Crippen LogP contribution in [0.2, 0.25) is 0 Å². The van der Waals surface area contributed by atoms with Gasteiger partial charge in [-0.15, -0.1) is 0 Å². The molecular formula is C19H26N5O3+. The number of aliphatic hydroxyl groups excluding tert-OH is 1. The molecule has 8 heteroatoms. The van der Waals surface area contributed by atoms with Gasteiger partial charge in [0.05, 0.1) is 17.8 Å². The Morgan fingerprint density at radius 1 is 1.30 bits per heavy atom. The first-order chi connectivity index (χ1) is 12.9. The Balaban J connectivity index is 1.86. The maximum Gasteiger partial charge on any atom is 0.232 e. The average molecular weight is 372 g/mol. The van der Waals surface area contributed by atoms with E-state index >= 15 is 0 Å². The highest BCUT2D eigenvalue weighted by Gasteiger charge is 2.32. The van der Waals surface area contributed by atoms with Crippen LogP contribution in [0.15, 0.2) is 30.6 Å². The highest BCUT2D eigenvalue weighted by atomic mass is 16.5. The van der Waals surface area contributed by atoms with Gasteiger partial charge in [-0.1, -0.05) is 0 Å². The lowest BCUT2D eigenvalue weighted by atomic mass is 10.0. The molecule has 144 valence electrons. The second-order valence-corrected chi connectivity index (χ2v) is 6.84. The molecule has 2 aromatic rings. The molecule has 0 amide bonds. The van der Waals surface area contributed by atoms with Crippen LogP contribution < -0.4 is 20.8 Å².